The number of carbonyl (C=O) groups excluding carboxylic acids is 1. The average molecular weight is 306 g/mol. The minimum absolute atomic E-state index is 0.220. The van der Waals surface area contributed by atoms with E-state index in [1.807, 2.05) is 30.5 Å². The molecule has 23 heavy (non-hydrogen) atoms. The molecule has 0 unspecified atom stereocenters. The number of benzene rings is 2. The first-order valence-corrected chi connectivity index (χ1v) is 7.54. The average Bonchev–Trinajstić information content (AvgIpc) is 3.07. The molecule has 0 bridgehead atoms. The number of carbonyl (C=O) groups is 1. The molecule has 0 saturated carbocycles. The zero-order valence-corrected chi connectivity index (χ0v) is 12.7. The third-order valence-corrected chi connectivity index (χ3v) is 3.88. The van der Waals surface area contributed by atoms with E-state index < -0.39 is 0 Å². The van der Waals surface area contributed by atoms with E-state index in [1.54, 1.807) is 12.1 Å². The number of rotatable bonds is 5. The third kappa shape index (κ3) is 3.48. The number of aromatic hydroxyl groups is 1. The van der Waals surface area contributed by atoms with Crippen LogP contribution in [0.4, 0.5) is 0 Å². The van der Waals surface area contributed by atoms with Crippen LogP contribution in [0.15, 0.2) is 53.5 Å². The summed E-state index contributed by atoms with van der Waals surface area (Å²) >= 11 is 0. The standard InChI is InChI=1S/C19H18N2O2/c20-19(23)7-5-15-10-13(16-8-9-21-12-16)4-6-18(15)14-2-1-3-17(22)11-14/h1-4,6,8,10-12,22H,5,7,9H2,(H2,20,23). The van der Waals surface area contributed by atoms with Gasteiger partial charge in [0.05, 0.1) is 6.54 Å². The summed E-state index contributed by atoms with van der Waals surface area (Å²) in [7, 11) is 0. The molecule has 2 aromatic rings. The minimum Gasteiger partial charge on any atom is -0.508 e. The normalized spacial score (nSPS) is 13.1. The molecular formula is C19H18N2O2. The van der Waals surface area contributed by atoms with Crippen LogP contribution in [0.3, 0.4) is 0 Å². The van der Waals surface area contributed by atoms with Gasteiger partial charge in [0.2, 0.25) is 5.91 Å². The van der Waals surface area contributed by atoms with Crippen LogP contribution >= 0.6 is 0 Å². The Morgan fingerprint density at radius 2 is 2.04 bits per heavy atom. The smallest absolute Gasteiger partial charge is 0.217 e. The van der Waals surface area contributed by atoms with Crippen molar-refractivity contribution in [3.05, 3.63) is 59.7 Å². The maximum Gasteiger partial charge on any atom is 0.217 e. The molecule has 4 heteroatoms. The number of nitrogens with two attached hydrogens (primary N) is 1. The number of primary amides is 1. The molecule has 0 saturated heterocycles. The summed E-state index contributed by atoms with van der Waals surface area (Å²) in [6, 6.07) is 13.2. The van der Waals surface area contributed by atoms with Gasteiger partial charge in [-0.25, -0.2) is 0 Å². The van der Waals surface area contributed by atoms with Gasteiger partial charge >= 0.3 is 0 Å². The maximum atomic E-state index is 11.2. The number of amides is 1. The fourth-order valence-corrected chi connectivity index (χ4v) is 2.74. The van der Waals surface area contributed by atoms with Gasteiger partial charge in [0.15, 0.2) is 0 Å². The van der Waals surface area contributed by atoms with Crippen LogP contribution in [0.1, 0.15) is 17.5 Å². The molecule has 1 aliphatic heterocycles. The molecule has 1 amide bonds. The van der Waals surface area contributed by atoms with Gasteiger partial charge in [0, 0.05) is 12.6 Å². The quantitative estimate of drug-likeness (QED) is 0.891. The Morgan fingerprint density at radius 1 is 1.17 bits per heavy atom. The molecule has 0 spiro atoms. The van der Waals surface area contributed by atoms with Gasteiger partial charge in [-0.2, -0.15) is 0 Å². The largest absolute Gasteiger partial charge is 0.508 e. The van der Waals surface area contributed by atoms with E-state index in [4.69, 9.17) is 5.73 Å². The van der Waals surface area contributed by atoms with Crippen LogP contribution in [0.25, 0.3) is 16.7 Å². The van der Waals surface area contributed by atoms with Gasteiger partial charge in [-0.05, 0) is 46.4 Å². The van der Waals surface area contributed by atoms with Gasteiger partial charge < -0.3 is 10.8 Å². The molecular weight excluding hydrogens is 288 g/mol. The summed E-state index contributed by atoms with van der Waals surface area (Å²) in [5.74, 6) is -0.100. The fourth-order valence-electron chi connectivity index (χ4n) is 2.74. The number of hydrogen-bond acceptors (Lipinski definition) is 3. The molecule has 0 aliphatic carbocycles. The fraction of sp³-hybridized carbons (Fsp3) is 0.158. The van der Waals surface area contributed by atoms with Crippen LogP contribution in [0, 0.1) is 0 Å². The van der Waals surface area contributed by atoms with E-state index in [-0.39, 0.29) is 11.7 Å². The summed E-state index contributed by atoms with van der Waals surface area (Å²) < 4.78 is 0. The molecule has 1 aliphatic rings. The Balaban J connectivity index is 2.03. The first kappa shape index (κ1) is 15.0. The van der Waals surface area contributed by atoms with Crippen molar-refractivity contribution in [2.24, 2.45) is 10.7 Å². The highest BCUT2D eigenvalue weighted by Gasteiger charge is 2.11. The lowest BCUT2D eigenvalue weighted by atomic mass is 9.92. The van der Waals surface area contributed by atoms with Crippen LogP contribution in [0.2, 0.25) is 0 Å². The van der Waals surface area contributed by atoms with E-state index in [0.29, 0.717) is 19.4 Å². The van der Waals surface area contributed by atoms with Crippen LogP contribution < -0.4 is 5.73 Å². The van der Waals surface area contributed by atoms with Gasteiger partial charge in [0.25, 0.3) is 0 Å². The Kier molecular flexibility index (Phi) is 4.24. The number of phenols is 1. The monoisotopic (exact) mass is 306 g/mol. The molecule has 2 aromatic carbocycles. The highest BCUT2D eigenvalue weighted by atomic mass is 16.3. The zero-order valence-electron chi connectivity index (χ0n) is 12.7. The van der Waals surface area contributed by atoms with E-state index in [9.17, 15) is 9.90 Å². The van der Waals surface area contributed by atoms with E-state index in [1.165, 1.54) is 0 Å². The number of allylic oxidation sites excluding steroid dienone is 1. The van der Waals surface area contributed by atoms with Crippen molar-refractivity contribution in [3.8, 4) is 16.9 Å². The van der Waals surface area contributed by atoms with Gasteiger partial charge in [-0.1, -0.05) is 36.4 Å². The summed E-state index contributed by atoms with van der Waals surface area (Å²) in [5, 5.41) is 9.71. The van der Waals surface area contributed by atoms with Crippen molar-refractivity contribution in [2.45, 2.75) is 12.8 Å². The Morgan fingerprint density at radius 3 is 2.74 bits per heavy atom. The first-order valence-electron chi connectivity index (χ1n) is 7.54. The molecule has 3 rings (SSSR count). The summed E-state index contributed by atoms with van der Waals surface area (Å²) in [5.41, 5.74) is 10.4. The number of aliphatic imine (C=N–C) groups is 1. The van der Waals surface area contributed by atoms with E-state index in [0.717, 1.165) is 27.8 Å². The van der Waals surface area contributed by atoms with Crippen LogP contribution in [-0.2, 0) is 11.2 Å². The van der Waals surface area contributed by atoms with Crippen molar-refractivity contribution < 1.29 is 9.90 Å². The Labute approximate surface area is 135 Å². The topological polar surface area (TPSA) is 75.7 Å². The van der Waals surface area contributed by atoms with Crippen LogP contribution in [-0.4, -0.2) is 23.8 Å². The molecule has 0 radical (unpaired) electrons. The number of hydrogen-bond donors (Lipinski definition) is 2. The van der Waals surface area contributed by atoms with E-state index >= 15 is 0 Å². The predicted octanol–water partition coefficient (Wildman–Crippen LogP) is 2.94. The highest BCUT2D eigenvalue weighted by molar-refractivity contribution is 6.11. The SMILES string of the molecule is NC(=O)CCc1cc(C2=CCN=C2)ccc1-c1cccc(O)c1. The van der Waals surface area contributed by atoms with Crippen molar-refractivity contribution in [1.29, 1.82) is 0 Å². The third-order valence-electron chi connectivity index (χ3n) is 3.88. The molecule has 1 heterocycles. The Bertz CT molecular complexity index is 807. The number of aryl methyl sites for hydroxylation is 1. The highest BCUT2D eigenvalue weighted by Crippen LogP contribution is 2.30. The van der Waals surface area contributed by atoms with Crippen LogP contribution in [0.5, 0.6) is 5.75 Å². The van der Waals surface area contributed by atoms with Gasteiger partial charge in [-0.15, -0.1) is 0 Å². The first-order chi connectivity index (χ1) is 11.1. The van der Waals surface area contributed by atoms with E-state index in [2.05, 4.69) is 17.1 Å². The summed E-state index contributed by atoms with van der Waals surface area (Å²) in [4.78, 5) is 15.4. The van der Waals surface area contributed by atoms with Gasteiger partial charge in [0.1, 0.15) is 5.75 Å². The second-order valence-corrected chi connectivity index (χ2v) is 5.54. The lowest BCUT2D eigenvalue weighted by molar-refractivity contribution is -0.117. The lowest BCUT2D eigenvalue weighted by Crippen LogP contribution is -2.11. The zero-order chi connectivity index (χ0) is 16.2. The second-order valence-electron chi connectivity index (χ2n) is 5.54. The maximum absolute atomic E-state index is 11.2. The molecule has 0 atom stereocenters. The molecule has 0 aromatic heterocycles. The second kappa shape index (κ2) is 6.48. The Hall–Kier alpha value is -2.88. The number of nitrogens with zero attached hydrogens (tertiary/aromatic N) is 1. The van der Waals surface area contributed by atoms with Gasteiger partial charge in [-0.3, -0.25) is 9.79 Å². The van der Waals surface area contributed by atoms with Crippen molar-refractivity contribution in [3.63, 3.8) is 0 Å². The molecule has 116 valence electrons. The molecule has 3 N–H and O–H groups in total. The molecule has 0 fully saturated rings. The number of phenolic OH excluding ortho intramolecular Hbond substituents is 1. The summed E-state index contributed by atoms with van der Waals surface area (Å²) in [6.07, 6.45) is 4.80. The lowest BCUT2D eigenvalue weighted by Gasteiger charge is -2.12. The predicted molar refractivity (Wildman–Crippen MR) is 92.4 cm³/mol. The summed E-state index contributed by atoms with van der Waals surface area (Å²) in [6.45, 7) is 0.709. The molecule has 4 nitrogen and oxygen atoms in total. The van der Waals surface area contributed by atoms with Crippen molar-refractivity contribution in [2.75, 3.05) is 6.54 Å². The minimum atomic E-state index is -0.320. The van der Waals surface area contributed by atoms with Crippen molar-refractivity contribution >= 4 is 17.7 Å². The van der Waals surface area contributed by atoms with Crippen molar-refractivity contribution in [1.82, 2.24) is 0 Å².